The average molecular weight is 390 g/mol. The van der Waals surface area contributed by atoms with Crippen LogP contribution in [0.15, 0.2) is 18.2 Å². The number of anilines is 2. The molecule has 0 unspecified atom stereocenters. The smallest absolute Gasteiger partial charge is 0.253 e. The zero-order valence-electron chi connectivity index (χ0n) is 14.1. The van der Waals surface area contributed by atoms with Crippen molar-refractivity contribution in [2.45, 2.75) is 38.4 Å². The second kappa shape index (κ2) is 7.90. The quantitative estimate of drug-likeness (QED) is 0.810. The first-order chi connectivity index (χ1) is 11.4. The minimum atomic E-state index is -3.25. The largest absolute Gasteiger partial charge is 0.364 e. The van der Waals surface area contributed by atoms with Crippen LogP contribution in [0.25, 0.3) is 0 Å². The predicted molar refractivity (Wildman–Crippen MR) is 99.8 cm³/mol. The number of nitrogens with zero attached hydrogens (tertiary/aromatic N) is 1. The van der Waals surface area contributed by atoms with Crippen molar-refractivity contribution in [1.82, 2.24) is 0 Å². The van der Waals surface area contributed by atoms with Gasteiger partial charge in [-0.15, -0.1) is 12.4 Å². The maximum atomic E-state index is 12.3. The van der Waals surface area contributed by atoms with Crippen molar-refractivity contribution >= 4 is 39.7 Å². The number of nitrogens with two attached hydrogens (primary N) is 1. The predicted octanol–water partition coefficient (Wildman–Crippen LogP) is 1.40. The summed E-state index contributed by atoms with van der Waals surface area (Å²) in [6.07, 6.45) is 1.48. The van der Waals surface area contributed by atoms with Crippen molar-refractivity contribution in [3.63, 3.8) is 0 Å². The van der Waals surface area contributed by atoms with Crippen molar-refractivity contribution in [3.05, 3.63) is 23.8 Å². The zero-order valence-corrected chi connectivity index (χ0v) is 15.7. The summed E-state index contributed by atoms with van der Waals surface area (Å²) in [5, 5.41) is 2.82. The molecule has 0 spiro atoms. The van der Waals surface area contributed by atoms with Crippen LogP contribution in [-0.2, 0) is 19.6 Å². The third kappa shape index (κ3) is 4.25. The molecule has 2 aliphatic rings. The molecule has 1 aromatic carbocycles. The summed E-state index contributed by atoms with van der Waals surface area (Å²) >= 11 is 0. The summed E-state index contributed by atoms with van der Waals surface area (Å²) in [6, 6.07) is 5.30. The number of amides is 1. The highest BCUT2D eigenvalue weighted by molar-refractivity contribution is 7.93. The average Bonchev–Trinajstić information content (AvgIpc) is 3.15. The molecular formula is C16H24ClN3O4S. The number of sulfonamides is 1. The summed E-state index contributed by atoms with van der Waals surface area (Å²) in [5.74, 6) is -0.0515. The lowest BCUT2D eigenvalue weighted by Crippen LogP contribution is -2.30. The summed E-state index contributed by atoms with van der Waals surface area (Å²) in [6.45, 7) is 2.75. The number of carbonyl (C=O) groups is 1. The Labute approximate surface area is 154 Å². The van der Waals surface area contributed by atoms with Gasteiger partial charge < -0.3 is 15.8 Å². The fourth-order valence-electron chi connectivity index (χ4n) is 3.16. The summed E-state index contributed by atoms with van der Waals surface area (Å²) in [4.78, 5) is 12.3. The zero-order chi connectivity index (χ0) is 17.3. The number of benzene rings is 1. The molecule has 25 heavy (non-hydrogen) atoms. The minimum Gasteiger partial charge on any atom is -0.364 e. The first-order valence-electron chi connectivity index (χ1n) is 8.18. The molecule has 1 aromatic rings. The van der Waals surface area contributed by atoms with Gasteiger partial charge >= 0.3 is 0 Å². The first-order valence-corrected chi connectivity index (χ1v) is 9.79. The van der Waals surface area contributed by atoms with E-state index in [1.165, 1.54) is 4.31 Å². The Hall–Kier alpha value is -1.35. The van der Waals surface area contributed by atoms with Gasteiger partial charge in [-0.2, -0.15) is 0 Å². The summed E-state index contributed by atoms with van der Waals surface area (Å²) in [7, 11) is -3.25. The highest BCUT2D eigenvalue weighted by Gasteiger charge is 2.31. The van der Waals surface area contributed by atoms with Gasteiger partial charge in [0, 0.05) is 18.8 Å². The Balaban J connectivity index is 0.00000225. The van der Waals surface area contributed by atoms with E-state index >= 15 is 0 Å². The molecule has 0 aromatic heterocycles. The van der Waals surface area contributed by atoms with Crippen LogP contribution >= 0.6 is 12.4 Å². The molecule has 2 heterocycles. The van der Waals surface area contributed by atoms with Gasteiger partial charge in [0.1, 0.15) is 6.10 Å². The molecule has 9 heteroatoms. The number of rotatable bonds is 4. The maximum absolute atomic E-state index is 12.3. The van der Waals surface area contributed by atoms with Crippen LogP contribution in [0.3, 0.4) is 0 Å². The van der Waals surface area contributed by atoms with Crippen LogP contribution in [0.2, 0.25) is 0 Å². The Morgan fingerprint density at radius 3 is 2.76 bits per heavy atom. The highest BCUT2D eigenvalue weighted by Crippen LogP contribution is 2.30. The molecule has 2 aliphatic heterocycles. The number of ether oxygens (including phenoxy) is 1. The van der Waals surface area contributed by atoms with Gasteiger partial charge in [0.15, 0.2) is 0 Å². The van der Waals surface area contributed by atoms with Crippen LogP contribution < -0.4 is 15.4 Å². The van der Waals surface area contributed by atoms with E-state index in [-0.39, 0.29) is 30.2 Å². The second-order valence-corrected chi connectivity index (χ2v) is 8.30. The third-order valence-corrected chi connectivity index (χ3v) is 6.36. The van der Waals surface area contributed by atoms with Gasteiger partial charge in [0.25, 0.3) is 5.91 Å². The summed E-state index contributed by atoms with van der Waals surface area (Å²) in [5.41, 5.74) is 7.62. The molecule has 0 aliphatic carbocycles. The van der Waals surface area contributed by atoms with Crippen LogP contribution in [0.1, 0.15) is 24.8 Å². The molecule has 1 amide bonds. The van der Waals surface area contributed by atoms with E-state index in [2.05, 4.69) is 5.32 Å². The van der Waals surface area contributed by atoms with E-state index in [4.69, 9.17) is 10.5 Å². The molecule has 3 rings (SSSR count). The van der Waals surface area contributed by atoms with Crippen molar-refractivity contribution in [3.8, 4) is 0 Å². The first kappa shape index (κ1) is 20.0. The lowest BCUT2D eigenvalue weighted by molar-refractivity contribution is -0.126. The van der Waals surface area contributed by atoms with E-state index in [0.717, 1.165) is 12.0 Å². The molecular weight excluding hydrogens is 366 g/mol. The molecule has 140 valence electrons. The Morgan fingerprint density at radius 2 is 2.16 bits per heavy atom. The second-order valence-electron chi connectivity index (χ2n) is 6.29. The number of hydrogen-bond donors (Lipinski definition) is 2. The van der Waals surface area contributed by atoms with Crippen LogP contribution in [-0.4, -0.2) is 45.4 Å². The SMILES string of the molecule is Cc1ccc(NC(=O)[C@@H]2CC[C@H](CN)O2)cc1N1CCCS1(=O)=O.Cl. The number of nitrogens with one attached hydrogen (secondary N) is 1. The van der Waals surface area contributed by atoms with Gasteiger partial charge in [-0.25, -0.2) is 8.42 Å². The maximum Gasteiger partial charge on any atom is 0.253 e. The van der Waals surface area contributed by atoms with Gasteiger partial charge in [0.05, 0.1) is 17.5 Å². The van der Waals surface area contributed by atoms with E-state index in [0.29, 0.717) is 37.3 Å². The molecule has 3 N–H and O–H groups in total. The fourth-order valence-corrected chi connectivity index (χ4v) is 4.78. The molecule has 2 saturated heterocycles. The van der Waals surface area contributed by atoms with Gasteiger partial charge in [0.2, 0.25) is 10.0 Å². The number of hydrogen-bond acceptors (Lipinski definition) is 5. The van der Waals surface area contributed by atoms with E-state index < -0.39 is 16.1 Å². The topological polar surface area (TPSA) is 102 Å². The van der Waals surface area contributed by atoms with Crippen LogP contribution in [0, 0.1) is 6.92 Å². The molecule has 2 atom stereocenters. The van der Waals surface area contributed by atoms with Gasteiger partial charge in [-0.3, -0.25) is 9.10 Å². The Bertz CT molecular complexity index is 741. The van der Waals surface area contributed by atoms with Crippen molar-refractivity contribution < 1.29 is 17.9 Å². The van der Waals surface area contributed by atoms with Crippen LogP contribution in [0.4, 0.5) is 11.4 Å². The fraction of sp³-hybridized carbons (Fsp3) is 0.562. The Kier molecular flexibility index (Phi) is 6.31. The monoisotopic (exact) mass is 389 g/mol. The molecule has 0 bridgehead atoms. The Morgan fingerprint density at radius 1 is 1.40 bits per heavy atom. The minimum absolute atomic E-state index is 0. The summed E-state index contributed by atoms with van der Waals surface area (Å²) < 4.78 is 31.3. The third-order valence-electron chi connectivity index (χ3n) is 4.51. The van der Waals surface area contributed by atoms with Crippen LogP contribution in [0.5, 0.6) is 0 Å². The number of aryl methyl sites for hydroxylation is 1. The number of carbonyl (C=O) groups excluding carboxylic acids is 1. The molecule has 7 nitrogen and oxygen atoms in total. The van der Waals surface area contributed by atoms with E-state index in [1.807, 2.05) is 13.0 Å². The molecule has 0 radical (unpaired) electrons. The molecule has 0 saturated carbocycles. The van der Waals surface area contributed by atoms with E-state index in [1.54, 1.807) is 12.1 Å². The normalized spacial score (nSPS) is 24.8. The lowest BCUT2D eigenvalue weighted by Gasteiger charge is -2.20. The van der Waals surface area contributed by atoms with Gasteiger partial charge in [-0.05, 0) is 43.9 Å². The molecule has 2 fully saturated rings. The van der Waals surface area contributed by atoms with E-state index in [9.17, 15) is 13.2 Å². The standard InChI is InChI=1S/C16H23N3O4S.ClH/c1-11-3-4-12(9-14(11)19-7-2-8-24(19,21)22)18-16(20)15-6-5-13(10-17)23-15;/h3-4,9,13,15H,2,5-8,10,17H2,1H3,(H,18,20);1H/t13-,15+;/m1./s1. The van der Waals surface area contributed by atoms with Crippen molar-refractivity contribution in [2.75, 3.05) is 28.5 Å². The van der Waals surface area contributed by atoms with Crippen molar-refractivity contribution in [2.24, 2.45) is 5.73 Å². The van der Waals surface area contributed by atoms with Crippen molar-refractivity contribution in [1.29, 1.82) is 0 Å². The van der Waals surface area contributed by atoms with Gasteiger partial charge in [-0.1, -0.05) is 6.07 Å². The lowest BCUT2D eigenvalue weighted by atomic mass is 10.1. The number of halogens is 1. The highest BCUT2D eigenvalue weighted by atomic mass is 35.5.